The number of fused-ring (bicyclic) bond motifs is 1. The van der Waals surface area contributed by atoms with Gasteiger partial charge in [-0.15, -0.1) is 0 Å². The van der Waals surface area contributed by atoms with Crippen LogP contribution in [0.25, 0.3) is 10.9 Å². The highest BCUT2D eigenvalue weighted by atomic mass is 79.9. The molecule has 1 aromatic heterocycles. The van der Waals surface area contributed by atoms with Crippen molar-refractivity contribution >= 4 is 38.7 Å². The quantitative estimate of drug-likeness (QED) is 0.794. The first-order valence-electron chi connectivity index (χ1n) is 5.26. The number of halogens is 1. The van der Waals surface area contributed by atoms with Gasteiger partial charge in [0.25, 0.3) is 5.91 Å². The average molecular weight is 325 g/mol. The minimum Gasteiger partial charge on any atom is -0.505 e. The smallest absolute Gasteiger partial charge is 0.322 e. The molecule has 19 heavy (non-hydrogen) atoms. The van der Waals surface area contributed by atoms with Gasteiger partial charge in [-0.1, -0.05) is 15.9 Å². The van der Waals surface area contributed by atoms with Crippen molar-refractivity contribution in [3.63, 3.8) is 0 Å². The summed E-state index contributed by atoms with van der Waals surface area (Å²) in [6, 6.07) is 6.60. The highest BCUT2D eigenvalue weighted by Gasteiger charge is 2.15. The molecule has 0 bridgehead atoms. The van der Waals surface area contributed by atoms with Gasteiger partial charge in [0.15, 0.2) is 5.69 Å². The molecule has 0 unspecified atom stereocenters. The fourth-order valence-electron chi connectivity index (χ4n) is 1.54. The van der Waals surface area contributed by atoms with Gasteiger partial charge in [-0.25, -0.2) is 4.98 Å². The molecule has 0 aliphatic rings. The minimum atomic E-state index is -1.17. The Bertz CT molecular complexity index is 672. The Morgan fingerprint density at radius 3 is 2.74 bits per heavy atom. The van der Waals surface area contributed by atoms with Crippen molar-refractivity contribution in [1.29, 1.82) is 0 Å². The number of aliphatic carboxylic acids is 1. The molecular formula is C12H9BrN2O4. The van der Waals surface area contributed by atoms with Gasteiger partial charge in [0.1, 0.15) is 12.3 Å². The minimum absolute atomic E-state index is 0.198. The van der Waals surface area contributed by atoms with E-state index in [1.165, 1.54) is 6.07 Å². The van der Waals surface area contributed by atoms with Gasteiger partial charge in [-0.2, -0.15) is 0 Å². The van der Waals surface area contributed by atoms with Gasteiger partial charge < -0.3 is 15.5 Å². The van der Waals surface area contributed by atoms with E-state index < -0.39 is 18.4 Å². The Morgan fingerprint density at radius 2 is 2.05 bits per heavy atom. The topological polar surface area (TPSA) is 99.5 Å². The number of hydrogen-bond donors (Lipinski definition) is 3. The van der Waals surface area contributed by atoms with E-state index in [1.54, 1.807) is 18.2 Å². The predicted molar refractivity (Wildman–Crippen MR) is 71.1 cm³/mol. The third kappa shape index (κ3) is 3.00. The van der Waals surface area contributed by atoms with Crippen molar-refractivity contribution in [2.75, 3.05) is 6.54 Å². The number of nitrogens with zero attached hydrogens (tertiary/aromatic N) is 1. The molecule has 0 saturated heterocycles. The maximum atomic E-state index is 11.7. The first-order chi connectivity index (χ1) is 8.97. The SMILES string of the molecule is O=C(O)CNC(=O)c1nc2ccc(Br)cc2cc1O. The summed E-state index contributed by atoms with van der Waals surface area (Å²) in [6.45, 7) is -0.529. The number of aromatic nitrogens is 1. The molecule has 0 spiro atoms. The van der Waals surface area contributed by atoms with E-state index in [4.69, 9.17) is 5.11 Å². The van der Waals surface area contributed by atoms with Crippen LogP contribution >= 0.6 is 15.9 Å². The number of benzene rings is 1. The van der Waals surface area contributed by atoms with Crippen LogP contribution in [0, 0.1) is 0 Å². The molecule has 98 valence electrons. The molecule has 0 aliphatic carbocycles. The van der Waals surface area contributed by atoms with E-state index in [-0.39, 0.29) is 11.4 Å². The number of carbonyl (C=O) groups is 2. The van der Waals surface area contributed by atoms with Crippen LogP contribution in [0.2, 0.25) is 0 Å². The number of aromatic hydroxyl groups is 1. The van der Waals surface area contributed by atoms with E-state index in [0.29, 0.717) is 10.9 Å². The van der Waals surface area contributed by atoms with Crippen LogP contribution < -0.4 is 5.32 Å². The molecule has 0 saturated carbocycles. The summed E-state index contributed by atoms with van der Waals surface area (Å²) in [5.41, 5.74) is 0.331. The summed E-state index contributed by atoms with van der Waals surface area (Å²) in [4.78, 5) is 26.1. The Kier molecular flexibility index (Phi) is 3.66. The molecule has 1 aromatic carbocycles. The maximum Gasteiger partial charge on any atom is 0.322 e. The normalized spacial score (nSPS) is 10.4. The molecule has 1 amide bonds. The second kappa shape index (κ2) is 5.23. The van der Waals surface area contributed by atoms with Crippen LogP contribution in [0.3, 0.4) is 0 Å². The van der Waals surface area contributed by atoms with Crippen LogP contribution in [0.1, 0.15) is 10.5 Å². The van der Waals surface area contributed by atoms with Crippen molar-refractivity contribution in [2.24, 2.45) is 0 Å². The van der Waals surface area contributed by atoms with Crippen molar-refractivity contribution in [3.8, 4) is 5.75 Å². The number of hydrogen-bond acceptors (Lipinski definition) is 4. The molecule has 0 radical (unpaired) electrons. The Hall–Kier alpha value is -2.15. The number of nitrogens with one attached hydrogen (secondary N) is 1. The fraction of sp³-hybridized carbons (Fsp3) is 0.0833. The second-order valence-corrected chi connectivity index (χ2v) is 4.69. The lowest BCUT2D eigenvalue weighted by molar-refractivity contribution is -0.135. The van der Waals surface area contributed by atoms with Gasteiger partial charge in [-0.05, 0) is 24.3 Å². The first-order valence-corrected chi connectivity index (χ1v) is 6.06. The van der Waals surface area contributed by atoms with E-state index in [0.717, 1.165) is 4.47 Å². The van der Waals surface area contributed by atoms with Crippen molar-refractivity contribution in [3.05, 3.63) is 34.4 Å². The van der Waals surface area contributed by atoms with Crippen LogP contribution in [0.5, 0.6) is 5.75 Å². The third-order valence-corrected chi connectivity index (χ3v) is 2.87. The predicted octanol–water partition coefficient (Wildman–Crippen LogP) is 1.52. The lowest BCUT2D eigenvalue weighted by Crippen LogP contribution is -2.29. The lowest BCUT2D eigenvalue weighted by Gasteiger charge is -2.06. The van der Waals surface area contributed by atoms with Gasteiger partial charge in [0.05, 0.1) is 5.52 Å². The van der Waals surface area contributed by atoms with Crippen LogP contribution in [0.4, 0.5) is 0 Å². The second-order valence-electron chi connectivity index (χ2n) is 3.77. The molecule has 7 heteroatoms. The number of amides is 1. The Balaban J connectivity index is 2.38. The van der Waals surface area contributed by atoms with E-state index in [9.17, 15) is 14.7 Å². The molecule has 3 N–H and O–H groups in total. The summed E-state index contributed by atoms with van der Waals surface area (Å²) in [5, 5.41) is 21.0. The zero-order valence-corrected chi connectivity index (χ0v) is 11.1. The van der Waals surface area contributed by atoms with Crippen molar-refractivity contribution in [2.45, 2.75) is 0 Å². The molecule has 2 rings (SSSR count). The highest BCUT2D eigenvalue weighted by molar-refractivity contribution is 9.10. The standard InChI is InChI=1S/C12H9BrN2O4/c13-7-1-2-8-6(3-7)4-9(16)11(15-8)12(19)14-5-10(17)18/h1-4,16H,5H2,(H,14,19)(H,17,18). The first kappa shape index (κ1) is 13.3. The molecule has 0 atom stereocenters. The van der Waals surface area contributed by atoms with Crippen molar-refractivity contribution < 1.29 is 19.8 Å². The molecule has 1 heterocycles. The zero-order valence-electron chi connectivity index (χ0n) is 9.55. The number of rotatable bonds is 3. The Labute approximate surface area is 116 Å². The average Bonchev–Trinajstić information content (AvgIpc) is 2.35. The lowest BCUT2D eigenvalue weighted by atomic mass is 10.2. The molecule has 0 fully saturated rings. The van der Waals surface area contributed by atoms with Crippen molar-refractivity contribution in [1.82, 2.24) is 10.3 Å². The summed E-state index contributed by atoms with van der Waals surface area (Å²) in [5.74, 6) is -2.20. The summed E-state index contributed by atoms with van der Waals surface area (Å²) >= 11 is 3.29. The summed E-state index contributed by atoms with van der Waals surface area (Å²) in [7, 11) is 0. The van der Waals surface area contributed by atoms with E-state index in [1.807, 2.05) is 0 Å². The molecule has 2 aromatic rings. The molecule has 0 aliphatic heterocycles. The van der Waals surface area contributed by atoms with Gasteiger partial charge in [0.2, 0.25) is 0 Å². The van der Waals surface area contributed by atoms with Crippen LogP contribution in [-0.4, -0.2) is 33.6 Å². The van der Waals surface area contributed by atoms with Gasteiger partial charge in [-0.3, -0.25) is 9.59 Å². The number of carboxylic acids is 1. The summed E-state index contributed by atoms with van der Waals surface area (Å²) in [6.07, 6.45) is 0. The number of pyridine rings is 1. The largest absolute Gasteiger partial charge is 0.505 e. The molecule has 6 nitrogen and oxygen atoms in total. The number of carbonyl (C=O) groups excluding carboxylic acids is 1. The summed E-state index contributed by atoms with van der Waals surface area (Å²) < 4.78 is 0.823. The number of carboxylic acid groups (broad SMARTS) is 1. The van der Waals surface area contributed by atoms with Gasteiger partial charge >= 0.3 is 5.97 Å². The van der Waals surface area contributed by atoms with E-state index in [2.05, 4.69) is 26.2 Å². The fourth-order valence-corrected chi connectivity index (χ4v) is 1.92. The van der Waals surface area contributed by atoms with E-state index >= 15 is 0 Å². The molecular weight excluding hydrogens is 316 g/mol. The monoisotopic (exact) mass is 324 g/mol. The Morgan fingerprint density at radius 1 is 1.32 bits per heavy atom. The van der Waals surface area contributed by atoms with Gasteiger partial charge in [0, 0.05) is 9.86 Å². The highest BCUT2D eigenvalue weighted by Crippen LogP contribution is 2.24. The van der Waals surface area contributed by atoms with Crippen LogP contribution in [-0.2, 0) is 4.79 Å². The van der Waals surface area contributed by atoms with Crippen LogP contribution in [0.15, 0.2) is 28.7 Å². The zero-order chi connectivity index (χ0) is 14.0. The maximum absolute atomic E-state index is 11.7. The third-order valence-electron chi connectivity index (χ3n) is 2.37.